The highest BCUT2D eigenvalue weighted by atomic mass is 16.2. The van der Waals surface area contributed by atoms with Gasteiger partial charge in [0.2, 0.25) is 11.8 Å². The Labute approximate surface area is 145 Å². The molecule has 6 nitrogen and oxygen atoms in total. The second-order valence-electron chi connectivity index (χ2n) is 7.64. The van der Waals surface area contributed by atoms with Crippen LogP contribution in [0.25, 0.3) is 0 Å². The van der Waals surface area contributed by atoms with E-state index >= 15 is 0 Å². The molecule has 3 fully saturated rings. The van der Waals surface area contributed by atoms with Crippen molar-refractivity contribution in [3.8, 4) is 0 Å². The molecule has 4 atom stereocenters. The minimum atomic E-state index is -0.151. The summed E-state index contributed by atoms with van der Waals surface area (Å²) >= 11 is 0. The van der Waals surface area contributed by atoms with Gasteiger partial charge in [-0.25, -0.2) is 0 Å². The molecule has 2 amide bonds. The van der Waals surface area contributed by atoms with Gasteiger partial charge in [0.05, 0.1) is 5.92 Å². The largest absolute Gasteiger partial charge is 0.340 e. The van der Waals surface area contributed by atoms with Gasteiger partial charge in [-0.1, -0.05) is 6.92 Å². The van der Waals surface area contributed by atoms with Gasteiger partial charge in [0, 0.05) is 50.7 Å². The zero-order chi connectivity index (χ0) is 17.3. The molecule has 1 N–H and O–H groups in total. The summed E-state index contributed by atoms with van der Waals surface area (Å²) in [6.45, 7) is 11.6. The lowest BCUT2D eigenvalue weighted by molar-refractivity contribution is -0.139. The van der Waals surface area contributed by atoms with Gasteiger partial charge >= 0.3 is 0 Å². The van der Waals surface area contributed by atoms with Crippen LogP contribution in [-0.4, -0.2) is 83.9 Å². The van der Waals surface area contributed by atoms with Gasteiger partial charge in [-0.15, -0.1) is 0 Å². The summed E-state index contributed by atoms with van der Waals surface area (Å²) in [5, 5.41) is 3.41. The first-order chi connectivity index (χ1) is 11.5. The fraction of sp³-hybridized carbons (Fsp3) is 0.889. The number of likely N-dealkylation sites (N-methyl/N-ethyl adjacent to an activating group) is 1. The van der Waals surface area contributed by atoms with Crippen LogP contribution in [0.3, 0.4) is 0 Å². The number of rotatable bonds is 4. The molecule has 0 saturated carbocycles. The normalized spacial score (nSPS) is 35.0. The number of nitrogens with one attached hydrogen (secondary N) is 1. The Morgan fingerprint density at radius 1 is 1.29 bits per heavy atom. The SMILES string of the molecule is CCN1CCCC1CN1CC(C(=O)N2CCNC(C)C2C)CC1=O. The summed E-state index contributed by atoms with van der Waals surface area (Å²) in [7, 11) is 0. The van der Waals surface area contributed by atoms with E-state index in [0.717, 1.165) is 32.7 Å². The second kappa shape index (κ2) is 7.40. The van der Waals surface area contributed by atoms with Gasteiger partial charge in [-0.05, 0) is 39.8 Å². The third-order valence-corrected chi connectivity index (χ3v) is 6.22. The quantitative estimate of drug-likeness (QED) is 0.814. The van der Waals surface area contributed by atoms with Crippen molar-refractivity contribution < 1.29 is 9.59 Å². The number of carbonyl (C=O) groups is 2. The van der Waals surface area contributed by atoms with Crippen molar-refractivity contribution in [2.24, 2.45) is 5.92 Å². The second-order valence-corrected chi connectivity index (χ2v) is 7.64. The van der Waals surface area contributed by atoms with Gasteiger partial charge in [-0.3, -0.25) is 14.5 Å². The zero-order valence-corrected chi connectivity index (χ0v) is 15.3. The van der Waals surface area contributed by atoms with Crippen LogP contribution >= 0.6 is 0 Å². The monoisotopic (exact) mass is 336 g/mol. The molecule has 0 aromatic carbocycles. The molecule has 0 spiro atoms. The van der Waals surface area contributed by atoms with Gasteiger partial charge < -0.3 is 15.1 Å². The van der Waals surface area contributed by atoms with E-state index in [1.165, 1.54) is 12.8 Å². The number of hydrogen-bond donors (Lipinski definition) is 1. The first-order valence-electron chi connectivity index (χ1n) is 9.57. The molecule has 4 unspecified atom stereocenters. The molecule has 24 heavy (non-hydrogen) atoms. The topological polar surface area (TPSA) is 55.9 Å². The Morgan fingerprint density at radius 3 is 2.83 bits per heavy atom. The van der Waals surface area contributed by atoms with Gasteiger partial charge in [-0.2, -0.15) is 0 Å². The summed E-state index contributed by atoms with van der Waals surface area (Å²) in [4.78, 5) is 31.7. The first-order valence-corrected chi connectivity index (χ1v) is 9.57. The van der Waals surface area contributed by atoms with Crippen molar-refractivity contribution in [3.63, 3.8) is 0 Å². The van der Waals surface area contributed by atoms with Gasteiger partial charge in [0.25, 0.3) is 0 Å². The Kier molecular flexibility index (Phi) is 5.45. The highest BCUT2D eigenvalue weighted by Crippen LogP contribution is 2.25. The van der Waals surface area contributed by atoms with Crippen molar-refractivity contribution >= 4 is 11.8 Å². The van der Waals surface area contributed by atoms with E-state index in [2.05, 4.69) is 31.0 Å². The fourth-order valence-electron chi connectivity index (χ4n) is 4.49. The maximum atomic E-state index is 12.9. The number of hydrogen-bond acceptors (Lipinski definition) is 4. The number of nitrogens with zero attached hydrogens (tertiary/aromatic N) is 3. The van der Waals surface area contributed by atoms with E-state index in [-0.39, 0.29) is 23.8 Å². The van der Waals surface area contributed by atoms with E-state index < -0.39 is 0 Å². The van der Waals surface area contributed by atoms with Crippen LogP contribution in [-0.2, 0) is 9.59 Å². The lowest BCUT2D eigenvalue weighted by Gasteiger charge is -2.39. The molecule has 136 valence electrons. The van der Waals surface area contributed by atoms with E-state index in [4.69, 9.17) is 0 Å². The maximum absolute atomic E-state index is 12.9. The minimum absolute atomic E-state index is 0.151. The zero-order valence-electron chi connectivity index (χ0n) is 15.3. The van der Waals surface area contributed by atoms with Crippen LogP contribution in [0.15, 0.2) is 0 Å². The highest BCUT2D eigenvalue weighted by molar-refractivity contribution is 5.89. The van der Waals surface area contributed by atoms with Gasteiger partial charge in [0.1, 0.15) is 0 Å². The molecule has 3 saturated heterocycles. The molecule has 0 bridgehead atoms. The molecule has 3 heterocycles. The molecule has 0 aromatic heterocycles. The van der Waals surface area contributed by atoms with Crippen molar-refractivity contribution in [3.05, 3.63) is 0 Å². The van der Waals surface area contributed by atoms with Crippen LogP contribution < -0.4 is 5.32 Å². The van der Waals surface area contributed by atoms with Crippen LogP contribution in [0.1, 0.15) is 40.0 Å². The molecule has 0 aliphatic carbocycles. The van der Waals surface area contributed by atoms with Crippen LogP contribution in [0.2, 0.25) is 0 Å². The van der Waals surface area contributed by atoms with E-state index in [9.17, 15) is 9.59 Å². The average Bonchev–Trinajstić information content (AvgIpc) is 3.16. The van der Waals surface area contributed by atoms with E-state index in [1.807, 2.05) is 9.80 Å². The number of amides is 2. The number of likely N-dealkylation sites (tertiary alicyclic amines) is 2. The third-order valence-electron chi connectivity index (χ3n) is 6.22. The van der Waals surface area contributed by atoms with Crippen molar-refractivity contribution in [1.82, 2.24) is 20.0 Å². The van der Waals surface area contributed by atoms with Crippen LogP contribution in [0.4, 0.5) is 0 Å². The molecule has 3 rings (SSSR count). The third kappa shape index (κ3) is 3.45. The first kappa shape index (κ1) is 17.7. The van der Waals surface area contributed by atoms with Crippen molar-refractivity contribution in [1.29, 1.82) is 0 Å². The smallest absolute Gasteiger partial charge is 0.228 e. The summed E-state index contributed by atoms with van der Waals surface area (Å²) in [5.41, 5.74) is 0. The Morgan fingerprint density at radius 2 is 2.08 bits per heavy atom. The molecule has 0 aromatic rings. The van der Waals surface area contributed by atoms with Gasteiger partial charge in [0.15, 0.2) is 0 Å². The maximum Gasteiger partial charge on any atom is 0.228 e. The predicted molar refractivity (Wildman–Crippen MR) is 93.6 cm³/mol. The molecular formula is C18H32N4O2. The summed E-state index contributed by atoms with van der Waals surface area (Å²) in [5.74, 6) is 0.180. The Hall–Kier alpha value is -1.14. The van der Waals surface area contributed by atoms with E-state index in [1.54, 1.807) is 0 Å². The lowest BCUT2D eigenvalue weighted by atomic mass is 10.0. The standard InChI is InChI=1S/C18H32N4O2/c1-4-20-8-5-6-16(20)12-21-11-15(10-17(21)23)18(24)22-9-7-19-13(2)14(22)3/h13-16,19H,4-12H2,1-3H3. The lowest BCUT2D eigenvalue weighted by Crippen LogP contribution is -2.58. The number of piperazine rings is 1. The molecule has 3 aliphatic heterocycles. The fourth-order valence-corrected chi connectivity index (χ4v) is 4.49. The summed E-state index contributed by atoms with van der Waals surface area (Å²) in [6.07, 6.45) is 2.78. The van der Waals surface area contributed by atoms with Crippen molar-refractivity contribution in [2.75, 3.05) is 39.3 Å². The van der Waals surface area contributed by atoms with Crippen LogP contribution in [0.5, 0.6) is 0 Å². The summed E-state index contributed by atoms with van der Waals surface area (Å²) in [6, 6.07) is 0.985. The molecular weight excluding hydrogens is 304 g/mol. The molecule has 6 heteroatoms. The molecule has 3 aliphatic rings. The van der Waals surface area contributed by atoms with E-state index in [0.29, 0.717) is 25.0 Å². The predicted octanol–water partition coefficient (Wildman–Crippen LogP) is 0.528. The van der Waals surface area contributed by atoms with Crippen LogP contribution in [0, 0.1) is 5.92 Å². The van der Waals surface area contributed by atoms with Crippen molar-refractivity contribution in [2.45, 2.75) is 58.2 Å². The highest BCUT2D eigenvalue weighted by Gasteiger charge is 2.40. The Bertz CT molecular complexity index is 484. The number of carbonyl (C=O) groups excluding carboxylic acids is 2. The summed E-state index contributed by atoms with van der Waals surface area (Å²) < 4.78 is 0. The minimum Gasteiger partial charge on any atom is -0.340 e. The Balaban J connectivity index is 1.59. The average molecular weight is 336 g/mol. The molecule has 0 radical (unpaired) electrons.